The zero-order valence-electron chi connectivity index (χ0n) is 12.0. The summed E-state index contributed by atoms with van der Waals surface area (Å²) in [7, 11) is 0. The SMILES string of the molecule is CCNC(C)c1nnc(Nc2cccc(OCC)c2)o1. The maximum absolute atomic E-state index is 5.57. The van der Waals surface area contributed by atoms with Gasteiger partial charge in [0.25, 0.3) is 0 Å². The van der Waals surface area contributed by atoms with Crippen LogP contribution in [-0.4, -0.2) is 23.3 Å². The monoisotopic (exact) mass is 276 g/mol. The van der Waals surface area contributed by atoms with Gasteiger partial charge in [0.15, 0.2) is 0 Å². The highest BCUT2D eigenvalue weighted by Gasteiger charge is 2.12. The predicted molar refractivity (Wildman–Crippen MR) is 77.3 cm³/mol. The Morgan fingerprint density at radius 1 is 1.30 bits per heavy atom. The minimum Gasteiger partial charge on any atom is -0.494 e. The summed E-state index contributed by atoms with van der Waals surface area (Å²) in [6.45, 7) is 7.45. The number of hydrogen-bond donors (Lipinski definition) is 2. The first kappa shape index (κ1) is 14.3. The number of nitrogens with one attached hydrogen (secondary N) is 2. The van der Waals surface area contributed by atoms with Crippen molar-refractivity contribution in [2.75, 3.05) is 18.5 Å². The van der Waals surface area contributed by atoms with Gasteiger partial charge in [-0.25, -0.2) is 0 Å². The molecule has 0 amide bonds. The van der Waals surface area contributed by atoms with Gasteiger partial charge in [-0.1, -0.05) is 18.1 Å². The molecule has 0 spiro atoms. The largest absolute Gasteiger partial charge is 0.494 e. The van der Waals surface area contributed by atoms with Crippen molar-refractivity contribution in [3.05, 3.63) is 30.2 Å². The third kappa shape index (κ3) is 3.71. The van der Waals surface area contributed by atoms with E-state index in [9.17, 15) is 0 Å². The van der Waals surface area contributed by atoms with E-state index in [0.29, 0.717) is 18.5 Å². The molecule has 6 heteroatoms. The smallest absolute Gasteiger partial charge is 0.320 e. The second-order valence-corrected chi connectivity index (χ2v) is 4.31. The van der Waals surface area contributed by atoms with E-state index in [-0.39, 0.29) is 6.04 Å². The summed E-state index contributed by atoms with van der Waals surface area (Å²) in [6, 6.07) is 8.03. The maximum atomic E-state index is 5.57. The lowest BCUT2D eigenvalue weighted by Gasteiger charge is -2.07. The Hall–Kier alpha value is -2.08. The molecule has 0 aliphatic carbocycles. The fourth-order valence-electron chi connectivity index (χ4n) is 1.81. The Balaban J connectivity index is 2.04. The van der Waals surface area contributed by atoms with Crippen LogP contribution in [0, 0.1) is 0 Å². The van der Waals surface area contributed by atoms with Crippen LogP contribution >= 0.6 is 0 Å². The molecule has 0 radical (unpaired) electrons. The van der Waals surface area contributed by atoms with E-state index in [1.807, 2.05) is 45.0 Å². The number of rotatable bonds is 7. The topological polar surface area (TPSA) is 72.2 Å². The van der Waals surface area contributed by atoms with E-state index >= 15 is 0 Å². The molecule has 0 saturated heterocycles. The molecule has 1 unspecified atom stereocenters. The predicted octanol–water partition coefficient (Wildman–Crippen LogP) is 2.88. The van der Waals surface area contributed by atoms with Crippen LogP contribution in [0.2, 0.25) is 0 Å². The quantitative estimate of drug-likeness (QED) is 0.810. The Morgan fingerprint density at radius 2 is 2.15 bits per heavy atom. The van der Waals surface area contributed by atoms with Gasteiger partial charge in [0, 0.05) is 11.8 Å². The van der Waals surface area contributed by atoms with Gasteiger partial charge in [-0.05, 0) is 32.5 Å². The molecular weight excluding hydrogens is 256 g/mol. The molecule has 0 aliphatic rings. The summed E-state index contributed by atoms with van der Waals surface area (Å²) in [5.41, 5.74) is 0.849. The van der Waals surface area contributed by atoms with Crippen LogP contribution in [0.1, 0.15) is 32.7 Å². The summed E-state index contributed by atoms with van der Waals surface area (Å²) in [4.78, 5) is 0. The number of aromatic nitrogens is 2. The minimum atomic E-state index is 0.0396. The molecule has 0 saturated carbocycles. The summed E-state index contributed by atoms with van der Waals surface area (Å²) >= 11 is 0. The number of benzene rings is 1. The second kappa shape index (κ2) is 6.91. The van der Waals surface area contributed by atoms with Crippen molar-refractivity contribution in [1.82, 2.24) is 15.5 Å². The number of anilines is 2. The van der Waals surface area contributed by atoms with Gasteiger partial charge in [0.05, 0.1) is 12.6 Å². The van der Waals surface area contributed by atoms with Gasteiger partial charge in [-0.15, -0.1) is 5.10 Å². The normalized spacial score (nSPS) is 12.2. The third-order valence-corrected chi connectivity index (χ3v) is 2.72. The van der Waals surface area contributed by atoms with Crippen molar-refractivity contribution in [2.24, 2.45) is 0 Å². The molecule has 2 N–H and O–H groups in total. The van der Waals surface area contributed by atoms with E-state index in [1.54, 1.807) is 0 Å². The zero-order valence-corrected chi connectivity index (χ0v) is 12.0. The van der Waals surface area contributed by atoms with Crippen molar-refractivity contribution in [2.45, 2.75) is 26.8 Å². The van der Waals surface area contributed by atoms with Crippen molar-refractivity contribution in [3.63, 3.8) is 0 Å². The van der Waals surface area contributed by atoms with Gasteiger partial charge in [-0.2, -0.15) is 0 Å². The standard InChI is InChI=1S/C14H20N4O2/c1-4-15-10(3)13-17-18-14(20-13)16-11-7-6-8-12(9-11)19-5-2/h6-10,15H,4-5H2,1-3H3,(H,16,18). The van der Waals surface area contributed by atoms with Crippen LogP contribution in [0.25, 0.3) is 0 Å². The van der Waals surface area contributed by atoms with Crippen molar-refractivity contribution >= 4 is 11.7 Å². The number of ether oxygens (including phenoxy) is 1. The van der Waals surface area contributed by atoms with Gasteiger partial charge >= 0.3 is 6.01 Å². The van der Waals surface area contributed by atoms with Gasteiger partial charge in [-0.3, -0.25) is 0 Å². The van der Waals surface area contributed by atoms with Crippen molar-refractivity contribution in [1.29, 1.82) is 0 Å². The summed E-state index contributed by atoms with van der Waals surface area (Å²) in [5, 5.41) is 14.3. The third-order valence-electron chi connectivity index (χ3n) is 2.72. The Kier molecular flexibility index (Phi) is 4.95. The lowest BCUT2D eigenvalue weighted by molar-refractivity contribution is 0.340. The molecule has 0 bridgehead atoms. The average Bonchev–Trinajstić information content (AvgIpc) is 2.88. The molecule has 2 rings (SSSR count). The summed E-state index contributed by atoms with van der Waals surface area (Å²) in [6.07, 6.45) is 0. The molecular formula is C14H20N4O2. The molecule has 0 fully saturated rings. The first-order valence-corrected chi connectivity index (χ1v) is 6.79. The fourth-order valence-corrected chi connectivity index (χ4v) is 1.81. The van der Waals surface area contributed by atoms with E-state index in [1.165, 1.54) is 0 Å². The zero-order chi connectivity index (χ0) is 14.4. The molecule has 108 valence electrons. The molecule has 0 aliphatic heterocycles. The highest BCUT2D eigenvalue weighted by atomic mass is 16.5. The highest BCUT2D eigenvalue weighted by Crippen LogP contribution is 2.22. The highest BCUT2D eigenvalue weighted by molar-refractivity contribution is 5.54. The van der Waals surface area contributed by atoms with Crippen molar-refractivity contribution < 1.29 is 9.15 Å². The second-order valence-electron chi connectivity index (χ2n) is 4.31. The summed E-state index contributed by atoms with van der Waals surface area (Å²) < 4.78 is 11.0. The molecule has 1 heterocycles. The summed E-state index contributed by atoms with van der Waals surface area (Å²) in [5.74, 6) is 1.37. The van der Waals surface area contributed by atoms with Crippen LogP contribution in [0.15, 0.2) is 28.7 Å². The molecule has 20 heavy (non-hydrogen) atoms. The lowest BCUT2D eigenvalue weighted by Crippen LogP contribution is -2.17. The first-order chi connectivity index (χ1) is 9.72. The Bertz CT molecular complexity index is 541. The van der Waals surface area contributed by atoms with Crippen molar-refractivity contribution in [3.8, 4) is 5.75 Å². The average molecular weight is 276 g/mol. The number of nitrogens with zero attached hydrogens (tertiary/aromatic N) is 2. The van der Waals surface area contributed by atoms with Gasteiger partial charge in [0.1, 0.15) is 5.75 Å². The molecule has 1 aromatic heterocycles. The van der Waals surface area contributed by atoms with E-state index < -0.39 is 0 Å². The number of hydrogen-bond acceptors (Lipinski definition) is 6. The molecule has 6 nitrogen and oxygen atoms in total. The molecule has 1 atom stereocenters. The van der Waals surface area contributed by atoms with Crippen LogP contribution < -0.4 is 15.4 Å². The maximum Gasteiger partial charge on any atom is 0.320 e. The van der Waals surface area contributed by atoms with E-state index in [4.69, 9.17) is 9.15 Å². The Morgan fingerprint density at radius 3 is 2.90 bits per heavy atom. The fraction of sp³-hybridized carbons (Fsp3) is 0.429. The lowest BCUT2D eigenvalue weighted by atomic mass is 10.3. The van der Waals surface area contributed by atoms with E-state index in [0.717, 1.165) is 18.0 Å². The molecule has 2 aromatic rings. The van der Waals surface area contributed by atoms with Crippen LogP contribution in [0.3, 0.4) is 0 Å². The van der Waals surface area contributed by atoms with Crippen LogP contribution in [0.4, 0.5) is 11.7 Å². The molecule has 1 aromatic carbocycles. The Labute approximate surface area is 118 Å². The van der Waals surface area contributed by atoms with Gasteiger partial charge < -0.3 is 19.8 Å². The first-order valence-electron chi connectivity index (χ1n) is 6.79. The van der Waals surface area contributed by atoms with E-state index in [2.05, 4.69) is 20.8 Å². The minimum absolute atomic E-state index is 0.0396. The van der Waals surface area contributed by atoms with Crippen LogP contribution in [-0.2, 0) is 0 Å². The van der Waals surface area contributed by atoms with Crippen LogP contribution in [0.5, 0.6) is 5.75 Å². The van der Waals surface area contributed by atoms with Gasteiger partial charge in [0.2, 0.25) is 5.89 Å².